The number of hydrogen-bond acceptors (Lipinski definition) is 2. The Kier molecular flexibility index (Phi) is 4.06. The van der Waals surface area contributed by atoms with Gasteiger partial charge >= 0.3 is 0 Å². The Morgan fingerprint density at radius 1 is 1.53 bits per heavy atom. The van der Waals surface area contributed by atoms with Gasteiger partial charge in [-0.05, 0) is 26.0 Å². The molecule has 1 aromatic carbocycles. The number of carbonyl (C=O) groups is 1. The molecule has 0 atom stereocenters. The largest absolute Gasteiger partial charge is 0.391 e. The summed E-state index contributed by atoms with van der Waals surface area (Å²) in [4.78, 5) is 11.9. The molecule has 1 aromatic rings. The Balaban J connectivity index is 2.99. The summed E-state index contributed by atoms with van der Waals surface area (Å²) in [5.74, 6) is -1.37. The molecule has 1 rings (SSSR count). The van der Waals surface area contributed by atoms with Crippen LogP contribution in [0, 0.1) is 5.82 Å². The van der Waals surface area contributed by atoms with Crippen LogP contribution >= 0.6 is 23.8 Å². The van der Waals surface area contributed by atoms with E-state index in [0.717, 1.165) is 0 Å². The van der Waals surface area contributed by atoms with Crippen molar-refractivity contribution in [1.29, 1.82) is 0 Å². The van der Waals surface area contributed by atoms with E-state index in [1.165, 1.54) is 18.2 Å². The number of benzene rings is 1. The van der Waals surface area contributed by atoms with Gasteiger partial charge in [-0.3, -0.25) is 4.79 Å². The molecule has 0 bridgehead atoms. The molecular weight excluding hydrogens is 263 g/mol. The molecule has 17 heavy (non-hydrogen) atoms. The second-order valence-corrected chi connectivity index (χ2v) is 4.89. The van der Waals surface area contributed by atoms with E-state index in [2.05, 4.69) is 5.32 Å². The molecule has 6 heteroatoms. The number of carbonyl (C=O) groups excluding carboxylic acids is 1. The van der Waals surface area contributed by atoms with Crippen molar-refractivity contribution in [3.8, 4) is 0 Å². The van der Waals surface area contributed by atoms with Crippen LogP contribution in [0.3, 0.4) is 0 Å². The number of nitrogens with one attached hydrogen (secondary N) is 1. The van der Waals surface area contributed by atoms with Crippen LogP contribution in [0.4, 0.5) is 4.39 Å². The van der Waals surface area contributed by atoms with Gasteiger partial charge in [-0.25, -0.2) is 4.39 Å². The molecule has 3 nitrogen and oxygen atoms in total. The van der Waals surface area contributed by atoms with Crippen molar-refractivity contribution in [3.63, 3.8) is 0 Å². The summed E-state index contributed by atoms with van der Waals surface area (Å²) in [6.45, 7) is 3.27. The number of nitrogens with two attached hydrogens (primary N) is 1. The van der Waals surface area contributed by atoms with Crippen LogP contribution in [0.5, 0.6) is 0 Å². The highest BCUT2D eigenvalue weighted by molar-refractivity contribution is 7.80. The number of rotatable bonds is 3. The molecule has 0 saturated heterocycles. The van der Waals surface area contributed by atoms with E-state index in [1.54, 1.807) is 13.8 Å². The fourth-order valence-corrected chi connectivity index (χ4v) is 1.32. The van der Waals surface area contributed by atoms with Crippen molar-refractivity contribution in [2.45, 2.75) is 19.4 Å². The highest BCUT2D eigenvalue weighted by atomic mass is 35.5. The summed E-state index contributed by atoms with van der Waals surface area (Å²) in [5, 5.41) is 2.43. The second-order valence-electron chi connectivity index (χ2n) is 4.04. The standard InChI is InChI=1S/C11H12ClFN2OS/c1-11(2,10(14)17)15-9(16)6-4-3-5-7(12)8(6)13/h3-5H,1-2H3,(H2,14,17)(H,15,16). The van der Waals surface area contributed by atoms with Gasteiger partial charge in [0.05, 0.1) is 21.1 Å². The minimum Gasteiger partial charge on any atom is -0.391 e. The molecule has 0 spiro atoms. The van der Waals surface area contributed by atoms with Crippen molar-refractivity contribution in [2.75, 3.05) is 0 Å². The first-order valence-electron chi connectivity index (χ1n) is 4.82. The van der Waals surface area contributed by atoms with E-state index in [-0.39, 0.29) is 15.6 Å². The highest BCUT2D eigenvalue weighted by Gasteiger charge is 2.25. The summed E-state index contributed by atoms with van der Waals surface area (Å²) < 4.78 is 13.6. The predicted octanol–water partition coefficient (Wildman–Crippen LogP) is 2.27. The Bertz CT molecular complexity index is 477. The van der Waals surface area contributed by atoms with Crippen molar-refractivity contribution < 1.29 is 9.18 Å². The maximum absolute atomic E-state index is 13.6. The Morgan fingerprint density at radius 2 is 2.12 bits per heavy atom. The third-order valence-corrected chi connectivity index (χ3v) is 3.04. The molecule has 0 radical (unpaired) electrons. The molecule has 1 amide bonds. The van der Waals surface area contributed by atoms with Gasteiger partial charge < -0.3 is 11.1 Å². The molecule has 0 saturated carbocycles. The van der Waals surface area contributed by atoms with Gasteiger partial charge in [0, 0.05) is 0 Å². The molecule has 0 aromatic heterocycles. The zero-order chi connectivity index (χ0) is 13.2. The lowest BCUT2D eigenvalue weighted by Gasteiger charge is -2.24. The predicted molar refractivity (Wildman–Crippen MR) is 69.7 cm³/mol. The van der Waals surface area contributed by atoms with Crippen LogP contribution in [0.15, 0.2) is 18.2 Å². The number of amides is 1. The summed E-state index contributed by atoms with van der Waals surface area (Å²) in [7, 11) is 0. The lowest BCUT2D eigenvalue weighted by molar-refractivity contribution is 0.0928. The molecule has 0 aliphatic carbocycles. The molecule has 0 unspecified atom stereocenters. The zero-order valence-electron chi connectivity index (χ0n) is 9.38. The SMILES string of the molecule is CC(C)(NC(=O)c1cccc(Cl)c1F)C(N)=S. The van der Waals surface area contributed by atoms with Gasteiger partial charge in [-0.1, -0.05) is 29.9 Å². The van der Waals surface area contributed by atoms with E-state index in [1.807, 2.05) is 0 Å². The highest BCUT2D eigenvalue weighted by Crippen LogP contribution is 2.18. The normalized spacial score (nSPS) is 11.1. The lowest BCUT2D eigenvalue weighted by atomic mass is 10.0. The van der Waals surface area contributed by atoms with E-state index >= 15 is 0 Å². The second kappa shape index (κ2) is 4.98. The van der Waals surface area contributed by atoms with E-state index in [0.29, 0.717) is 0 Å². The van der Waals surface area contributed by atoms with Crippen molar-refractivity contribution in [2.24, 2.45) is 5.73 Å². The first kappa shape index (κ1) is 13.9. The van der Waals surface area contributed by atoms with Crippen LogP contribution in [0.25, 0.3) is 0 Å². The molecule has 3 N–H and O–H groups in total. The van der Waals surface area contributed by atoms with Crippen LogP contribution in [0.1, 0.15) is 24.2 Å². The Labute approximate surface area is 109 Å². The van der Waals surface area contributed by atoms with E-state index < -0.39 is 17.3 Å². The average molecular weight is 275 g/mol. The van der Waals surface area contributed by atoms with Gasteiger partial charge in [0.2, 0.25) is 0 Å². The Hall–Kier alpha value is -1.20. The van der Waals surface area contributed by atoms with Crippen LogP contribution in [-0.2, 0) is 0 Å². The zero-order valence-corrected chi connectivity index (χ0v) is 11.0. The fraction of sp³-hybridized carbons (Fsp3) is 0.273. The minimum atomic E-state index is -0.888. The molecule has 0 aliphatic heterocycles. The Morgan fingerprint density at radius 3 is 2.65 bits per heavy atom. The molecule has 0 aliphatic rings. The van der Waals surface area contributed by atoms with Gasteiger partial charge in [0.15, 0.2) is 5.82 Å². The third-order valence-electron chi connectivity index (χ3n) is 2.24. The topological polar surface area (TPSA) is 55.1 Å². The summed E-state index contributed by atoms with van der Waals surface area (Å²) in [6.07, 6.45) is 0. The monoisotopic (exact) mass is 274 g/mol. The van der Waals surface area contributed by atoms with Gasteiger partial charge in [-0.2, -0.15) is 0 Å². The number of hydrogen-bond donors (Lipinski definition) is 2. The number of thiocarbonyl (C=S) groups is 1. The van der Waals surface area contributed by atoms with Gasteiger partial charge in [-0.15, -0.1) is 0 Å². The molecule has 0 heterocycles. The van der Waals surface area contributed by atoms with E-state index in [9.17, 15) is 9.18 Å². The summed E-state index contributed by atoms with van der Waals surface area (Å²) in [6, 6.07) is 4.20. The molecule has 92 valence electrons. The molecular formula is C11H12ClFN2OS. The quantitative estimate of drug-likeness (QED) is 0.832. The maximum atomic E-state index is 13.6. The third kappa shape index (κ3) is 3.14. The van der Waals surface area contributed by atoms with Crippen molar-refractivity contribution in [3.05, 3.63) is 34.6 Å². The lowest BCUT2D eigenvalue weighted by Crippen LogP contribution is -2.52. The maximum Gasteiger partial charge on any atom is 0.255 e. The smallest absolute Gasteiger partial charge is 0.255 e. The van der Waals surface area contributed by atoms with Crippen LogP contribution in [0.2, 0.25) is 5.02 Å². The van der Waals surface area contributed by atoms with Crippen molar-refractivity contribution >= 4 is 34.7 Å². The fourth-order valence-electron chi connectivity index (χ4n) is 1.09. The summed E-state index contributed by atoms with van der Waals surface area (Å²) in [5.41, 5.74) is 4.44. The number of halogens is 2. The first-order chi connectivity index (χ1) is 7.75. The van der Waals surface area contributed by atoms with Crippen molar-refractivity contribution in [1.82, 2.24) is 5.32 Å². The van der Waals surface area contributed by atoms with Gasteiger partial charge in [0.1, 0.15) is 0 Å². The first-order valence-corrected chi connectivity index (χ1v) is 5.61. The molecule has 0 fully saturated rings. The average Bonchev–Trinajstić information content (AvgIpc) is 2.21. The summed E-state index contributed by atoms with van der Waals surface area (Å²) >= 11 is 10.4. The van der Waals surface area contributed by atoms with Crippen LogP contribution < -0.4 is 11.1 Å². The van der Waals surface area contributed by atoms with E-state index in [4.69, 9.17) is 29.6 Å². The van der Waals surface area contributed by atoms with Gasteiger partial charge in [0.25, 0.3) is 5.91 Å². The van der Waals surface area contributed by atoms with Crippen LogP contribution in [-0.4, -0.2) is 16.4 Å². The minimum absolute atomic E-state index is 0.106.